The smallest absolute Gasteiger partial charge is 1.00 e. The summed E-state index contributed by atoms with van der Waals surface area (Å²) in [7, 11) is 0. The van der Waals surface area contributed by atoms with E-state index in [1.165, 1.54) is 12.1 Å². The van der Waals surface area contributed by atoms with Crippen molar-refractivity contribution in [2.45, 2.75) is 0 Å². The van der Waals surface area contributed by atoms with Gasteiger partial charge in [-0.05, 0) is 0 Å². The van der Waals surface area contributed by atoms with E-state index in [4.69, 9.17) is 0 Å². The Morgan fingerprint density at radius 3 is 2.55 bits per heavy atom. The molecule has 1 aromatic rings. The average Bonchev–Trinajstić information content (AvgIpc) is 1.89. The Bertz CT molecular complexity index is 225. The predicted octanol–water partition coefficient (Wildman–Crippen LogP) is -1.11. The molecule has 0 radical (unpaired) electrons. The molecule has 0 saturated carbocycles. The van der Waals surface area contributed by atoms with Crippen molar-refractivity contribution >= 4 is 29.1 Å². The third kappa shape index (κ3) is 3.89. The van der Waals surface area contributed by atoms with Crippen molar-refractivity contribution in [1.82, 2.24) is 0 Å². The van der Waals surface area contributed by atoms with Crippen LogP contribution in [0.5, 0.6) is 0 Å². The molecule has 0 aliphatic carbocycles. The summed E-state index contributed by atoms with van der Waals surface area (Å²) >= 11 is 0. The van der Waals surface area contributed by atoms with Gasteiger partial charge in [-0.25, -0.2) is 0 Å². The molecule has 0 aliphatic rings. The summed E-state index contributed by atoms with van der Waals surface area (Å²) in [6, 6.07) is 7.18. The molecule has 0 spiro atoms. The van der Waals surface area contributed by atoms with E-state index in [0.29, 0.717) is 5.56 Å². The summed E-state index contributed by atoms with van der Waals surface area (Å²) in [5.41, 5.74) is 0.522. The number of halogens is 2. The summed E-state index contributed by atoms with van der Waals surface area (Å²) < 4.78 is 12.5. The van der Waals surface area contributed by atoms with Crippen LogP contribution in [0.2, 0.25) is 0 Å². The Morgan fingerprint density at radius 1 is 1.55 bits per heavy atom. The molecule has 0 aromatic heterocycles. The molecule has 0 heterocycles. The molecule has 0 bridgehead atoms. The van der Waals surface area contributed by atoms with Gasteiger partial charge in [-0.3, -0.25) is 4.39 Å². The normalized spacial score (nSPS) is 7.36. The van der Waals surface area contributed by atoms with E-state index in [0.717, 1.165) is 0 Å². The summed E-state index contributed by atoms with van der Waals surface area (Å²) in [6.45, 7) is 3.44. The third-order valence-corrected chi connectivity index (χ3v) is 1.06. The van der Waals surface area contributed by atoms with Crippen molar-refractivity contribution in [3.05, 3.63) is 42.2 Å². The Hall–Kier alpha value is 0.136. The zero-order chi connectivity index (χ0) is 6.69. The van der Waals surface area contributed by atoms with Gasteiger partial charge < -0.3 is 17.0 Å². The first-order valence-corrected chi connectivity index (χ1v) is 2.62. The van der Waals surface area contributed by atoms with Gasteiger partial charge in [0.25, 0.3) is 0 Å². The molecule has 0 N–H and O–H groups in total. The molecule has 11 heavy (non-hydrogen) atoms. The maximum atomic E-state index is 12.5. The first-order chi connectivity index (χ1) is 4.34. The first kappa shape index (κ1) is 13.7. The van der Waals surface area contributed by atoms with Crippen LogP contribution in [-0.4, -0.2) is 23.1 Å². The van der Waals surface area contributed by atoms with Crippen LogP contribution in [0.3, 0.4) is 0 Å². The summed E-state index contributed by atoms with van der Waals surface area (Å²) in [4.78, 5) is 0. The van der Waals surface area contributed by atoms with Crippen LogP contribution in [-0.2, 0) is 0 Å². The monoisotopic (exact) mass is 224 g/mol. The van der Waals surface area contributed by atoms with Gasteiger partial charge in [0, 0.05) is 5.82 Å². The van der Waals surface area contributed by atoms with Crippen molar-refractivity contribution in [1.29, 1.82) is 0 Å². The van der Waals surface area contributed by atoms with Gasteiger partial charge in [-0.15, -0.1) is 18.2 Å². The molecule has 54 valence electrons. The van der Waals surface area contributed by atoms with Gasteiger partial charge in [0.05, 0.1) is 0 Å². The van der Waals surface area contributed by atoms with Crippen molar-refractivity contribution in [3.63, 3.8) is 0 Å². The van der Waals surface area contributed by atoms with E-state index in [9.17, 15) is 4.39 Å². The van der Waals surface area contributed by atoms with Crippen LogP contribution in [0.4, 0.5) is 4.39 Å². The van der Waals surface area contributed by atoms with Gasteiger partial charge in [0.15, 0.2) is 0 Å². The fourth-order valence-electron chi connectivity index (χ4n) is 0.588. The Kier molecular flexibility index (Phi) is 8.50. The van der Waals surface area contributed by atoms with Crippen LogP contribution >= 0.6 is 0 Å². The predicted molar refractivity (Wildman–Crippen MR) is 41.1 cm³/mol. The van der Waals surface area contributed by atoms with Gasteiger partial charge in [-0.1, -0.05) is 6.08 Å². The standard InChI is InChI=1S/C8H6F.BrH.Mg/c1-2-7-5-3-4-6-8(7)9;;/h2-3,5-6H,1H2;1H;/q-1;;+2/p-1. The number of hydrogen-bond donors (Lipinski definition) is 0. The molecule has 0 nitrogen and oxygen atoms in total. The largest absolute Gasteiger partial charge is 2.00 e. The minimum Gasteiger partial charge on any atom is -1.00 e. The van der Waals surface area contributed by atoms with Gasteiger partial charge in [-0.2, -0.15) is 18.2 Å². The molecular weight excluding hydrogens is 219 g/mol. The first-order valence-electron chi connectivity index (χ1n) is 2.62. The average molecular weight is 225 g/mol. The minimum atomic E-state index is -0.271. The molecule has 0 saturated heterocycles. The molecule has 0 aliphatic heterocycles. The molecule has 1 aromatic carbocycles. The quantitative estimate of drug-likeness (QED) is 0.420. The summed E-state index contributed by atoms with van der Waals surface area (Å²) in [5, 5.41) is 0. The molecule has 1 rings (SSSR count). The van der Waals surface area contributed by atoms with Crippen molar-refractivity contribution in [3.8, 4) is 0 Å². The van der Waals surface area contributed by atoms with E-state index < -0.39 is 0 Å². The maximum absolute atomic E-state index is 12.5. The second kappa shape index (κ2) is 6.82. The number of hydrogen-bond acceptors (Lipinski definition) is 0. The van der Waals surface area contributed by atoms with Crippen LogP contribution in [0.25, 0.3) is 6.08 Å². The molecular formula is C8H6BrFMg. The topological polar surface area (TPSA) is 0 Å². The zero-order valence-electron chi connectivity index (χ0n) is 5.98. The Morgan fingerprint density at radius 2 is 2.18 bits per heavy atom. The van der Waals surface area contributed by atoms with E-state index in [1.807, 2.05) is 0 Å². The Balaban J connectivity index is 0. The minimum absolute atomic E-state index is 0. The molecule has 3 heteroatoms. The van der Waals surface area contributed by atoms with Crippen LogP contribution < -0.4 is 17.0 Å². The SMILES string of the molecule is C=Cc1cc[c-]cc1F.[Br-].[Mg+2]. The maximum Gasteiger partial charge on any atom is 2.00 e. The van der Waals surface area contributed by atoms with Gasteiger partial charge in [0.2, 0.25) is 0 Å². The van der Waals surface area contributed by atoms with Crippen LogP contribution in [0.1, 0.15) is 5.56 Å². The van der Waals surface area contributed by atoms with E-state index in [2.05, 4.69) is 12.6 Å². The van der Waals surface area contributed by atoms with E-state index in [1.54, 1.807) is 12.1 Å². The van der Waals surface area contributed by atoms with Crippen LogP contribution in [0.15, 0.2) is 24.8 Å². The Labute approximate surface area is 92.4 Å². The third-order valence-electron chi connectivity index (χ3n) is 1.06. The fourth-order valence-corrected chi connectivity index (χ4v) is 0.588. The molecule has 0 atom stereocenters. The zero-order valence-corrected chi connectivity index (χ0v) is 8.98. The summed E-state index contributed by atoms with van der Waals surface area (Å²) in [6.07, 6.45) is 1.48. The van der Waals surface area contributed by atoms with Crippen molar-refractivity contribution in [2.24, 2.45) is 0 Å². The molecule has 0 amide bonds. The van der Waals surface area contributed by atoms with Crippen molar-refractivity contribution < 1.29 is 21.4 Å². The van der Waals surface area contributed by atoms with E-state index in [-0.39, 0.29) is 45.9 Å². The summed E-state index contributed by atoms with van der Waals surface area (Å²) in [5.74, 6) is -0.271. The van der Waals surface area contributed by atoms with Gasteiger partial charge in [0.1, 0.15) is 0 Å². The fraction of sp³-hybridized carbons (Fsp3) is 0. The number of rotatable bonds is 1. The second-order valence-electron chi connectivity index (χ2n) is 1.65. The molecule has 0 fully saturated rings. The molecule has 0 unspecified atom stereocenters. The number of benzene rings is 1. The second-order valence-corrected chi connectivity index (χ2v) is 1.65. The van der Waals surface area contributed by atoms with Gasteiger partial charge >= 0.3 is 23.1 Å². The van der Waals surface area contributed by atoms with E-state index >= 15 is 0 Å². The van der Waals surface area contributed by atoms with Crippen molar-refractivity contribution in [2.75, 3.05) is 0 Å². The van der Waals surface area contributed by atoms with Crippen LogP contribution in [0, 0.1) is 11.9 Å².